The molecule has 1 aliphatic rings. The van der Waals surface area contributed by atoms with Crippen molar-refractivity contribution in [3.8, 4) is 5.75 Å². The third-order valence-electron chi connectivity index (χ3n) is 4.05. The molecule has 1 aromatic rings. The van der Waals surface area contributed by atoms with Gasteiger partial charge in [0.2, 0.25) is 0 Å². The zero-order chi connectivity index (χ0) is 15.1. The minimum absolute atomic E-state index is 0.234. The first-order chi connectivity index (χ1) is 10.2. The summed E-state index contributed by atoms with van der Waals surface area (Å²) in [7, 11) is 2.06. The predicted octanol–water partition coefficient (Wildman–Crippen LogP) is 4.80. The van der Waals surface area contributed by atoms with E-state index in [2.05, 4.69) is 62.2 Å². The standard InChI is InChI=1S/C18H29NOS/c1-14(2)20-16-11-9-15(10-12-16)18(19-3)13-21-17-7-5-4-6-8-17/h9-12,14,17-19H,4-8,13H2,1-3H3. The van der Waals surface area contributed by atoms with Crippen molar-refractivity contribution in [2.75, 3.05) is 12.8 Å². The summed E-state index contributed by atoms with van der Waals surface area (Å²) in [5, 5.41) is 4.33. The Morgan fingerprint density at radius 1 is 1.14 bits per heavy atom. The second-order valence-corrected chi connectivity index (χ2v) is 7.50. The lowest BCUT2D eigenvalue weighted by Gasteiger charge is -2.24. The van der Waals surface area contributed by atoms with Gasteiger partial charge in [-0.2, -0.15) is 11.8 Å². The third-order valence-corrected chi connectivity index (χ3v) is 5.52. The quantitative estimate of drug-likeness (QED) is 0.782. The van der Waals surface area contributed by atoms with Crippen LogP contribution in [-0.2, 0) is 0 Å². The van der Waals surface area contributed by atoms with Gasteiger partial charge in [0.15, 0.2) is 0 Å². The maximum absolute atomic E-state index is 5.71. The van der Waals surface area contributed by atoms with Crippen LogP contribution in [0.25, 0.3) is 0 Å². The van der Waals surface area contributed by atoms with Crippen LogP contribution in [0.1, 0.15) is 57.6 Å². The van der Waals surface area contributed by atoms with Crippen molar-refractivity contribution in [3.63, 3.8) is 0 Å². The van der Waals surface area contributed by atoms with Crippen molar-refractivity contribution in [3.05, 3.63) is 29.8 Å². The normalized spacial score (nSPS) is 17.9. The zero-order valence-corrected chi connectivity index (χ0v) is 14.4. The number of nitrogens with one attached hydrogen (secondary N) is 1. The maximum atomic E-state index is 5.71. The molecule has 1 aliphatic carbocycles. The van der Waals surface area contributed by atoms with Gasteiger partial charge in [-0.15, -0.1) is 0 Å². The van der Waals surface area contributed by atoms with E-state index >= 15 is 0 Å². The second kappa shape index (κ2) is 8.70. The van der Waals surface area contributed by atoms with Crippen LogP contribution in [0.15, 0.2) is 24.3 Å². The predicted molar refractivity (Wildman–Crippen MR) is 93.3 cm³/mol. The van der Waals surface area contributed by atoms with E-state index in [1.165, 1.54) is 37.7 Å². The molecule has 0 aromatic heterocycles. The lowest BCUT2D eigenvalue weighted by atomic mass is 10.0. The Bertz CT molecular complexity index is 398. The number of ether oxygens (including phenoxy) is 1. The largest absolute Gasteiger partial charge is 0.491 e. The van der Waals surface area contributed by atoms with Gasteiger partial charge in [0.25, 0.3) is 0 Å². The molecule has 118 valence electrons. The molecule has 21 heavy (non-hydrogen) atoms. The summed E-state index contributed by atoms with van der Waals surface area (Å²) in [6.45, 7) is 4.12. The molecule has 0 bridgehead atoms. The van der Waals surface area contributed by atoms with Gasteiger partial charge >= 0.3 is 0 Å². The second-order valence-electron chi connectivity index (χ2n) is 6.17. The van der Waals surface area contributed by atoms with Gasteiger partial charge in [-0.25, -0.2) is 0 Å². The Morgan fingerprint density at radius 2 is 1.81 bits per heavy atom. The summed E-state index contributed by atoms with van der Waals surface area (Å²) in [5.74, 6) is 2.12. The minimum Gasteiger partial charge on any atom is -0.491 e. The highest BCUT2D eigenvalue weighted by molar-refractivity contribution is 7.99. The molecular weight excluding hydrogens is 278 g/mol. The monoisotopic (exact) mass is 307 g/mol. The third kappa shape index (κ3) is 5.55. The van der Waals surface area contributed by atoms with E-state index in [1.807, 2.05) is 0 Å². The summed E-state index contributed by atoms with van der Waals surface area (Å²) in [6.07, 6.45) is 7.32. The fraction of sp³-hybridized carbons (Fsp3) is 0.667. The molecular formula is C18H29NOS. The fourth-order valence-corrected chi connectivity index (χ4v) is 4.35. The molecule has 0 heterocycles. The van der Waals surface area contributed by atoms with Gasteiger partial charge in [0.05, 0.1) is 6.10 Å². The Labute approximate surface area is 134 Å². The Balaban J connectivity index is 1.87. The summed E-state index contributed by atoms with van der Waals surface area (Å²) in [5.41, 5.74) is 1.36. The van der Waals surface area contributed by atoms with Gasteiger partial charge in [0.1, 0.15) is 5.75 Å². The molecule has 2 rings (SSSR count). The smallest absolute Gasteiger partial charge is 0.119 e. The Kier molecular flexibility index (Phi) is 6.91. The van der Waals surface area contributed by atoms with Crippen LogP contribution in [0.3, 0.4) is 0 Å². The Hall–Kier alpha value is -0.670. The van der Waals surface area contributed by atoms with E-state index in [-0.39, 0.29) is 6.10 Å². The molecule has 3 heteroatoms. The SMILES string of the molecule is CNC(CSC1CCCCC1)c1ccc(OC(C)C)cc1. The van der Waals surface area contributed by atoms with Crippen LogP contribution >= 0.6 is 11.8 Å². The molecule has 0 aliphatic heterocycles. The lowest BCUT2D eigenvalue weighted by Crippen LogP contribution is -2.21. The first-order valence-corrected chi connectivity index (χ1v) is 9.29. The lowest BCUT2D eigenvalue weighted by molar-refractivity contribution is 0.242. The topological polar surface area (TPSA) is 21.3 Å². The summed E-state index contributed by atoms with van der Waals surface area (Å²) < 4.78 is 5.71. The van der Waals surface area contributed by atoms with Crippen molar-refractivity contribution >= 4 is 11.8 Å². The molecule has 1 N–H and O–H groups in total. The van der Waals surface area contributed by atoms with Crippen LogP contribution < -0.4 is 10.1 Å². The van der Waals surface area contributed by atoms with Crippen LogP contribution in [-0.4, -0.2) is 24.2 Å². The van der Waals surface area contributed by atoms with E-state index < -0.39 is 0 Å². The highest BCUT2D eigenvalue weighted by atomic mass is 32.2. The first kappa shape index (κ1) is 16.7. The fourth-order valence-electron chi connectivity index (χ4n) is 2.86. The summed E-state index contributed by atoms with van der Waals surface area (Å²) in [4.78, 5) is 0. The van der Waals surface area contributed by atoms with Crippen LogP contribution in [0, 0.1) is 0 Å². The number of hydrogen-bond donors (Lipinski definition) is 1. The van der Waals surface area contributed by atoms with Crippen molar-refractivity contribution in [2.24, 2.45) is 0 Å². The van der Waals surface area contributed by atoms with Gasteiger partial charge in [-0.1, -0.05) is 31.4 Å². The average molecular weight is 308 g/mol. The molecule has 0 spiro atoms. The van der Waals surface area contributed by atoms with E-state index in [1.54, 1.807) is 0 Å². The average Bonchev–Trinajstić information content (AvgIpc) is 2.50. The molecule has 1 saturated carbocycles. The number of hydrogen-bond acceptors (Lipinski definition) is 3. The van der Waals surface area contributed by atoms with Crippen LogP contribution in [0.4, 0.5) is 0 Å². The highest BCUT2D eigenvalue weighted by Crippen LogP contribution is 2.31. The highest BCUT2D eigenvalue weighted by Gasteiger charge is 2.17. The van der Waals surface area contributed by atoms with Gasteiger partial charge < -0.3 is 10.1 Å². The van der Waals surface area contributed by atoms with Gasteiger partial charge in [-0.3, -0.25) is 0 Å². The zero-order valence-electron chi connectivity index (χ0n) is 13.6. The van der Waals surface area contributed by atoms with E-state index in [0.717, 1.165) is 16.8 Å². The molecule has 2 nitrogen and oxygen atoms in total. The maximum Gasteiger partial charge on any atom is 0.119 e. The first-order valence-electron chi connectivity index (χ1n) is 8.24. The molecule has 1 unspecified atom stereocenters. The number of rotatable bonds is 7. The molecule has 0 radical (unpaired) electrons. The van der Waals surface area contributed by atoms with Crippen LogP contribution in [0.5, 0.6) is 5.75 Å². The molecule has 1 aromatic carbocycles. The Morgan fingerprint density at radius 3 is 2.38 bits per heavy atom. The van der Waals surface area contributed by atoms with Gasteiger partial charge in [0, 0.05) is 17.0 Å². The van der Waals surface area contributed by atoms with E-state index in [4.69, 9.17) is 4.74 Å². The van der Waals surface area contributed by atoms with Crippen molar-refractivity contribution in [2.45, 2.75) is 63.3 Å². The minimum atomic E-state index is 0.234. The van der Waals surface area contributed by atoms with Crippen molar-refractivity contribution in [1.29, 1.82) is 0 Å². The van der Waals surface area contributed by atoms with Crippen LogP contribution in [0.2, 0.25) is 0 Å². The summed E-state index contributed by atoms with van der Waals surface area (Å²) >= 11 is 2.15. The van der Waals surface area contributed by atoms with E-state index in [0.29, 0.717) is 6.04 Å². The van der Waals surface area contributed by atoms with Crippen molar-refractivity contribution < 1.29 is 4.74 Å². The molecule has 1 fully saturated rings. The number of thioether (sulfide) groups is 1. The summed E-state index contributed by atoms with van der Waals surface area (Å²) in [6, 6.07) is 9.00. The molecule has 0 amide bonds. The molecule has 0 saturated heterocycles. The van der Waals surface area contributed by atoms with Gasteiger partial charge in [-0.05, 0) is 51.4 Å². The molecule has 1 atom stereocenters. The van der Waals surface area contributed by atoms with Crippen molar-refractivity contribution in [1.82, 2.24) is 5.32 Å². The van der Waals surface area contributed by atoms with E-state index in [9.17, 15) is 0 Å². The number of benzene rings is 1.